The SMILES string of the molecule is NC(Cc1ccc(Cl)c(Cl)c1)c1ccc(Br)c(F)c1. The zero-order valence-electron chi connectivity index (χ0n) is 9.84. The van der Waals surface area contributed by atoms with Crippen molar-refractivity contribution >= 4 is 39.1 Å². The third-order valence-corrected chi connectivity index (χ3v) is 4.19. The summed E-state index contributed by atoms with van der Waals surface area (Å²) in [6, 6.07) is 9.97. The summed E-state index contributed by atoms with van der Waals surface area (Å²) in [7, 11) is 0. The van der Waals surface area contributed by atoms with Gasteiger partial charge in [-0.3, -0.25) is 0 Å². The molecule has 0 bridgehead atoms. The molecule has 0 aliphatic heterocycles. The molecule has 0 heterocycles. The van der Waals surface area contributed by atoms with Crippen LogP contribution < -0.4 is 5.73 Å². The molecular weight excluding hydrogens is 352 g/mol. The molecule has 2 aromatic carbocycles. The van der Waals surface area contributed by atoms with E-state index in [0.29, 0.717) is 20.9 Å². The van der Waals surface area contributed by atoms with E-state index in [1.165, 1.54) is 6.07 Å². The molecule has 1 unspecified atom stereocenters. The van der Waals surface area contributed by atoms with Gasteiger partial charge >= 0.3 is 0 Å². The lowest BCUT2D eigenvalue weighted by Gasteiger charge is -2.13. The van der Waals surface area contributed by atoms with Crippen molar-refractivity contribution in [2.45, 2.75) is 12.5 Å². The highest BCUT2D eigenvalue weighted by atomic mass is 79.9. The van der Waals surface area contributed by atoms with Crippen molar-refractivity contribution in [3.8, 4) is 0 Å². The fourth-order valence-corrected chi connectivity index (χ4v) is 2.35. The number of nitrogens with two attached hydrogens (primary N) is 1. The van der Waals surface area contributed by atoms with E-state index in [-0.39, 0.29) is 11.9 Å². The maximum Gasteiger partial charge on any atom is 0.137 e. The highest BCUT2D eigenvalue weighted by Crippen LogP contribution is 2.26. The first-order valence-electron chi connectivity index (χ1n) is 5.62. The van der Waals surface area contributed by atoms with Crippen LogP contribution in [0.1, 0.15) is 17.2 Å². The van der Waals surface area contributed by atoms with Gasteiger partial charge in [-0.05, 0) is 57.7 Å². The van der Waals surface area contributed by atoms with E-state index in [9.17, 15) is 4.39 Å². The van der Waals surface area contributed by atoms with Crippen molar-refractivity contribution in [1.29, 1.82) is 0 Å². The van der Waals surface area contributed by atoms with Gasteiger partial charge < -0.3 is 5.73 Å². The lowest BCUT2D eigenvalue weighted by molar-refractivity contribution is 0.612. The summed E-state index contributed by atoms with van der Waals surface area (Å²) in [6.07, 6.45) is 0.567. The van der Waals surface area contributed by atoms with Gasteiger partial charge in [0, 0.05) is 6.04 Å². The standard InChI is InChI=1S/C14H11BrCl2FN/c15-10-3-2-9(7-13(10)18)14(19)6-8-1-4-11(16)12(17)5-8/h1-5,7,14H,6,19H2. The Labute approximate surface area is 129 Å². The second-order valence-electron chi connectivity index (χ2n) is 4.23. The third kappa shape index (κ3) is 3.69. The minimum absolute atomic E-state index is 0.292. The van der Waals surface area contributed by atoms with Crippen LogP contribution in [0.25, 0.3) is 0 Å². The molecule has 2 rings (SSSR count). The Hall–Kier alpha value is -0.610. The molecule has 0 radical (unpaired) electrons. The van der Waals surface area contributed by atoms with Gasteiger partial charge in [-0.25, -0.2) is 4.39 Å². The van der Waals surface area contributed by atoms with Crippen molar-refractivity contribution in [2.75, 3.05) is 0 Å². The lowest BCUT2D eigenvalue weighted by atomic mass is 10.00. The Morgan fingerprint density at radius 3 is 2.47 bits per heavy atom. The van der Waals surface area contributed by atoms with Crippen molar-refractivity contribution < 1.29 is 4.39 Å². The first-order valence-corrected chi connectivity index (χ1v) is 7.16. The van der Waals surface area contributed by atoms with Gasteiger partial charge in [0.1, 0.15) is 5.82 Å². The molecule has 19 heavy (non-hydrogen) atoms. The number of halogens is 4. The lowest BCUT2D eigenvalue weighted by Crippen LogP contribution is -2.13. The minimum atomic E-state index is -0.318. The Morgan fingerprint density at radius 2 is 1.84 bits per heavy atom. The largest absolute Gasteiger partial charge is 0.324 e. The molecule has 1 atom stereocenters. The van der Waals surface area contributed by atoms with Crippen LogP contribution in [0.3, 0.4) is 0 Å². The van der Waals surface area contributed by atoms with Crippen LogP contribution in [0.15, 0.2) is 40.9 Å². The van der Waals surface area contributed by atoms with E-state index in [1.807, 2.05) is 6.07 Å². The molecule has 1 nitrogen and oxygen atoms in total. The minimum Gasteiger partial charge on any atom is -0.324 e. The fourth-order valence-electron chi connectivity index (χ4n) is 1.78. The zero-order chi connectivity index (χ0) is 14.0. The molecule has 0 saturated carbocycles. The van der Waals surface area contributed by atoms with Crippen LogP contribution >= 0.6 is 39.1 Å². The maximum atomic E-state index is 13.5. The number of hydrogen-bond donors (Lipinski definition) is 1. The van der Waals surface area contributed by atoms with E-state index < -0.39 is 0 Å². The topological polar surface area (TPSA) is 26.0 Å². The average Bonchev–Trinajstić information content (AvgIpc) is 2.37. The first kappa shape index (κ1) is 14.8. The van der Waals surface area contributed by atoms with Crippen molar-refractivity contribution in [1.82, 2.24) is 0 Å². The quantitative estimate of drug-likeness (QED) is 0.803. The van der Waals surface area contributed by atoms with Crippen LogP contribution in [0.2, 0.25) is 10.0 Å². The molecule has 0 aliphatic rings. The predicted octanol–water partition coefficient (Wildman–Crippen LogP) is 5.14. The molecule has 0 fully saturated rings. The van der Waals surface area contributed by atoms with E-state index in [2.05, 4.69) is 15.9 Å². The molecule has 0 aliphatic carbocycles. The Kier molecular flexibility index (Phi) is 4.85. The van der Waals surface area contributed by atoms with Gasteiger partial charge in [0.15, 0.2) is 0 Å². The molecule has 5 heteroatoms. The molecule has 100 valence electrons. The van der Waals surface area contributed by atoms with Crippen LogP contribution in [-0.2, 0) is 6.42 Å². The van der Waals surface area contributed by atoms with Crippen molar-refractivity contribution in [3.63, 3.8) is 0 Å². The molecule has 0 saturated heterocycles. The van der Waals surface area contributed by atoms with Crippen molar-refractivity contribution in [3.05, 3.63) is 67.9 Å². The Morgan fingerprint density at radius 1 is 1.11 bits per heavy atom. The monoisotopic (exact) mass is 361 g/mol. The molecule has 0 amide bonds. The smallest absolute Gasteiger partial charge is 0.137 e. The van der Waals surface area contributed by atoms with E-state index >= 15 is 0 Å². The van der Waals surface area contributed by atoms with E-state index in [0.717, 1.165) is 11.1 Å². The number of benzene rings is 2. The number of hydrogen-bond acceptors (Lipinski definition) is 1. The summed E-state index contributed by atoms with van der Waals surface area (Å²) in [4.78, 5) is 0. The van der Waals surface area contributed by atoms with Gasteiger partial charge in [0.25, 0.3) is 0 Å². The summed E-state index contributed by atoms with van der Waals surface area (Å²) in [5.41, 5.74) is 7.78. The predicted molar refractivity (Wildman–Crippen MR) is 81.2 cm³/mol. The van der Waals surface area contributed by atoms with Crippen LogP contribution in [0.4, 0.5) is 4.39 Å². The molecule has 0 aromatic heterocycles. The van der Waals surface area contributed by atoms with Gasteiger partial charge in [-0.2, -0.15) is 0 Å². The molecule has 2 N–H and O–H groups in total. The van der Waals surface area contributed by atoms with Gasteiger partial charge in [-0.1, -0.05) is 35.3 Å². The maximum absolute atomic E-state index is 13.5. The highest BCUT2D eigenvalue weighted by Gasteiger charge is 2.10. The Balaban J connectivity index is 2.17. The first-order chi connectivity index (χ1) is 8.97. The van der Waals surface area contributed by atoms with Crippen LogP contribution in [0, 0.1) is 5.82 Å². The summed E-state index contributed by atoms with van der Waals surface area (Å²) < 4.78 is 13.9. The Bertz CT molecular complexity index is 604. The van der Waals surface area contributed by atoms with Gasteiger partial charge in [-0.15, -0.1) is 0 Å². The normalized spacial score (nSPS) is 12.5. The summed E-state index contributed by atoms with van der Waals surface area (Å²) in [5, 5.41) is 1.00. The fraction of sp³-hybridized carbons (Fsp3) is 0.143. The van der Waals surface area contributed by atoms with Crippen LogP contribution in [0.5, 0.6) is 0 Å². The number of rotatable bonds is 3. The zero-order valence-corrected chi connectivity index (χ0v) is 12.9. The van der Waals surface area contributed by atoms with Gasteiger partial charge in [0.2, 0.25) is 0 Å². The summed E-state index contributed by atoms with van der Waals surface area (Å²) >= 11 is 14.9. The molecule has 2 aromatic rings. The molecular formula is C14H11BrCl2FN. The second-order valence-corrected chi connectivity index (χ2v) is 5.90. The molecule has 0 spiro atoms. The highest BCUT2D eigenvalue weighted by molar-refractivity contribution is 9.10. The summed E-state index contributed by atoms with van der Waals surface area (Å²) in [6.45, 7) is 0. The van der Waals surface area contributed by atoms with Crippen molar-refractivity contribution in [2.24, 2.45) is 5.73 Å². The van der Waals surface area contributed by atoms with E-state index in [4.69, 9.17) is 28.9 Å². The average molecular weight is 363 g/mol. The third-order valence-electron chi connectivity index (χ3n) is 2.81. The van der Waals surface area contributed by atoms with Gasteiger partial charge in [0.05, 0.1) is 14.5 Å². The van der Waals surface area contributed by atoms with Crippen LogP contribution in [-0.4, -0.2) is 0 Å². The second kappa shape index (κ2) is 6.23. The van der Waals surface area contributed by atoms with E-state index in [1.54, 1.807) is 24.3 Å². The summed E-state index contributed by atoms with van der Waals surface area (Å²) in [5.74, 6) is -0.318.